The van der Waals surface area contributed by atoms with E-state index in [0.29, 0.717) is 18.9 Å². The fourth-order valence-electron chi connectivity index (χ4n) is 2.40. The van der Waals surface area contributed by atoms with Gasteiger partial charge in [-0.1, -0.05) is 0 Å². The highest BCUT2D eigenvalue weighted by Crippen LogP contribution is 2.37. The van der Waals surface area contributed by atoms with Crippen molar-refractivity contribution >= 4 is 18.3 Å². The van der Waals surface area contributed by atoms with E-state index in [-0.39, 0.29) is 18.3 Å². The predicted molar refractivity (Wildman–Crippen MR) is 79.3 cm³/mol. The van der Waals surface area contributed by atoms with E-state index < -0.39 is 24.9 Å². The number of amides is 1. The number of nitrogens with one attached hydrogen (secondary N) is 2. The van der Waals surface area contributed by atoms with Gasteiger partial charge in [0, 0.05) is 31.3 Å². The maximum absolute atomic E-state index is 13.0. The topological polar surface area (TPSA) is 66.9 Å². The van der Waals surface area contributed by atoms with Crippen LogP contribution < -0.4 is 10.6 Å². The van der Waals surface area contributed by atoms with Gasteiger partial charge < -0.3 is 5.32 Å². The summed E-state index contributed by atoms with van der Waals surface area (Å²) in [5, 5.41) is 5.21. The molecule has 3 rings (SSSR count). The number of carbonyl (C=O) groups is 1. The first-order chi connectivity index (χ1) is 10.0. The lowest BCUT2D eigenvalue weighted by atomic mass is 10.2. The van der Waals surface area contributed by atoms with Gasteiger partial charge in [-0.05, 0) is 24.8 Å². The molecule has 1 amide bonds. The average molecular weight is 333 g/mol. The number of nitrogens with zero attached hydrogens (tertiary/aromatic N) is 2. The summed E-state index contributed by atoms with van der Waals surface area (Å²) < 4.78 is 26.0. The standard InChI is InChI=1S/C14H18F2N4O.ClH/c15-14(16)5-11(20-8-14)13(21)17-4-3-9-6-18-12(19-7-9)10-1-2-10;/h6-7,10-11,20H,1-5,8H2,(H,17,21);1H. The molecule has 0 spiro atoms. The van der Waals surface area contributed by atoms with Crippen molar-refractivity contribution in [2.24, 2.45) is 0 Å². The Morgan fingerprint density at radius 3 is 2.59 bits per heavy atom. The van der Waals surface area contributed by atoms with E-state index in [9.17, 15) is 13.6 Å². The molecule has 0 bridgehead atoms. The minimum atomic E-state index is -2.78. The molecule has 8 heteroatoms. The van der Waals surface area contributed by atoms with Crippen LogP contribution in [0.25, 0.3) is 0 Å². The molecule has 22 heavy (non-hydrogen) atoms. The molecule has 122 valence electrons. The van der Waals surface area contributed by atoms with Gasteiger partial charge in [0.05, 0.1) is 12.6 Å². The molecule has 1 aromatic rings. The molecule has 2 heterocycles. The smallest absolute Gasteiger partial charge is 0.262 e. The Balaban J connectivity index is 0.00000176. The summed E-state index contributed by atoms with van der Waals surface area (Å²) in [6.45, 7) is -0.0315. The van der Waals surface area contributed by atoms with Crippen molar-refractivity contribution in [3.8, 4) is 0 Å². The largest absolute Gasteiger partial charge is 0.354 e. The van der Waals surface area contributed by atoms with Gasteiger partial charge in [0.2, 0.25) is 5.91 Å². The third-order valence-electron chi connectivity index (χ3n) is 3.81. The van der Waals surface area contributed by atoms with Gasteiger partial charge in [0.1, 0.15) is 5.82 Å². The molecule has 1 atom stereocenters. The van der Waals surface area contributed by atoms with Crippen molar-refractivity contribution in [1.82, 2.24) is 20.6 Å². The van der Waals surface area contributed by atoms with E-state index in [2.05, 4.69) is 20.6 Å². The number of hydrogen-bond acceptors (Lipinski definition) is 4. The van der Waals surface area contributed by atoms with Crippen LogP contribution in [0, 0.1) is 0 Å². The second-order valence-electron chi connectivity index (χ2n) is 5.76. The summed E-state index contributed by atoms with van der Waals surface area (Å²) >= 11 is 0. The molecule has 1 aromatic heterocycles. The Morgan fingerprint density at radius 2 is 2.05 bits per heavy atom. The van der Waals surface area contributed by atoms with Gasteiger partial charge in [-0.15, -0.1) is 12.4 Å². The summed E-state index contributed by atoms with van der Waals surface area (Å²) in [6, 6.07) is -0.798. The van der Waals surface area contributed by atoms with Crippen molar-refractivity contribution in [3.63, 3.8) is 0 Å². The summed E-state index contributed by atoms with van der Waals surface area (Å²) in [5.74, 6) is -1.74. The van der Waals surface area contributed by atoms with E-state index >= 15 is 0 Å². The summed E-state index contributed by atoms with van der Waals surface area (Å²) in [7, 11) is 0. The quantitative estimate of drug-likeness (QED) is 0.856. The minimum absolute atomic E-state index is 0. The van der Waals surface area contributed by atoms with Crippen molar-refractivity contribution < 1.29 is 13.6 Å². The van der Waals surface area contributed by atoms with Crippen LogP contribution in [0.2, 0.25) is 0 Å². The first-order valence-electron chi connectivity index (χ1n) is 7.23. The molecule has 0 radical (unpaired) electrons. The highest BCUT2D eigenvalue weighted by atomic mass is 35.5. The van der Waals surface area contributed by atoms with Gasteiger partial charge in [-0.2, -0.15) is 0 Å². The van der Waals surface area contributed by atoms with Crippen LogP contribution in [0.5, 0.6) is 0 Å². The number of carbonyl (C=O) groups excluding carboxylic acids is 1. The molecule has 2 aliphatic rings. The molecule has 5 nitrogen and oxygen atoms in total. The number of alkyl halides is 2. The third-order valence-corrected chi connectivity index (χ3v) is 3.81. The zero-order valence-corrected chi connectivity index (χ0v) is 12.8. The Bertz CT molecular complexity index is 522. The molecule has 1 unspecified atom stereocenters. The zero-order valence-electron chi connectivity index (χ0n) is 12.0. The van der Waals surface area contributed by atoms with Gasteiger partial charge in [0.25, 0.3) is 5.92 Å². The van der Waals surface area contributed by atoms with Crippen LogP contribution in [-0.4, -0.2) is 40.9 Å². The zero-order chi connectivity index (χ0) is 14.9. The third kappa shape index (κ3) is 4.33. The number of hydrogen-bond donors (Lipinski definition) is 2. The monoisotopic (exact) mass is 332 g/mol. The molecule has 0 aromatic carbocycles. The van der Waals surface area contributed by atoms with Crippen molar-refractivity contribution in [1.29, 1.82) is 0 Å². The number of rotatable bonds is 5. The molecule has 1 saturated carbocycles. The van der Waals surface area contributed by atoms with Crippen LogP contribution in [-0.2, 0) is 11.2 Å². The molecule has 2 fully saturated rings. The molecule has 2 N–H and O–H groups in total. The van der Waals surface area contributed by atoms with E-state index in [1.807, 2.05) is 0 Å². The molecule has 1 saturated heterocycles. The maximum atomic E-state index is 13.0. The van der Waals surface area contributed by atoms with E-state index in [0.717, 1.165) is 24.2 Å². The fraction of sp³-hybridized carbons (Fsp3) is 0.643. The minimum Gasteiger partial charge on any atom is -0.354 e. The highest BCUT2D eigenvalue weighted by Gasteiger charge is 2.42. The lowest BCUT2D eigenvalue weighted by molar-refractivity contribution is -0.123. The summed E-state index contributed by atoms with van der Waals surface area (Å²) in [5.41, 5.74) is 0.935. The second-order valence-corrected chi connectivity index (χ2v) is 5.76. The summed E-state index contributed by atoms with van der Waals surface area (Å²) in [4.78, 5) is 20.3. The predicted octanol–water partition coefficient (Wildman–Crippen LogP) is 1.43. The average Bonchev–Trinajstić information content (AvgIpc) is 3.23. The van der Waals surface area contributed by atoms with Crippen molar-refractivity contribution in [2.75, 3.05) is 13.1 Å². The Hall–Kier alpha value is -1.34. The molecular weight excluding hydrogens is 314 g/mol. The summed E-state index contributed by atoms with van der Waals surface area (Å²) in [6.07, 6.45) is 6.03. The van der Waals surface area contributed by atoms with Crippen LogP contribution in [0.1, 0.15) is 36.6 Å². The first kappa shape index (κ1) is 17.0. The van der Waals surface area contributed by atoms with Crippen molar-refractivity contribution in [3.05, 3.63) is 23.8 Å². The lowest BCUT2D eigenvalue weighted by Gasteiger charge is -2.11. The fourth-order valence-corrected chi connectivity index (χ4v) is 2.40. The second kappa shape index (κ2) is 6.83. The van der Waals surface area contributed by atoms with Crippen molar-refractivity contribution in [2.45, 2.75) is 43.6 Å². The van der Waals surface area contributed by atoms with Gasteiger partial charge in [-0.3, -0.25) is 10.1 Å². The maximum Gasteiger partial charge on any atom is 0.262 e. The van der Waals surface area contributed by atoms with Gasteiger partial charge in [0.15, 0.2) is 0 Å². The SMILES string of the molecule is Cl.O=C(NCCc1cnc(C2CC2)nc1)C1CC(F)(F)CN1. The highest BCUT2D eigenvalue weighted by molar-refractivity contribution is 5.85. The van der Waals surface area contributed by atoms with Gasteiger partial charge in [-0.25, -0.2) is 18.7 Å². The number of halogens is 3. The Kier molecular flexibility index (Phi) is 5.28. The van der Waals surface area contributed by atoms with Crippen LogP contribution >= 0.6 is 12.4 Å². The Morgan fingerprint density at radius 1 is 1.36 bits per heavy atom. The molecular formula is C14H19ClF2N4O. The molecule has 1 aliphatic heterocycles. The van der Waals surface area contributed by atoms with E-state index in [4.69, 9.17) is 0 Å². The van der Waals surface area contributed by atoms with Crippen LogP contribution in [0.15, 0.2) is 12.4 Å². The lowest BCUT2D eigenvalue weighted by Crippen LogP contribution is -2.41. The van der Waals surface area contributed by atoms with Crippen LogP contribution in [0.4, 0.5) is 8.78 Å². The van der Waals surface area contributed by atoms with Crippen LogP contribution in [0.3, 0.4) is 0 Å². The number of aromatic nitrogens is 2. The van der Waals surface area contributed by atoms with E-state index in [1.165, 1.54) is 0 Å². The van der Waals surface area contributed by atoms with Gasteiger partial charge >= 0.3 is 0 Å². The van der Waals surface area contributed by atoms with E-state index in [1.54, 1.807) is 12.4 Å². The molecule has 1 aliphatic carbocycles. The normalized spacial score (nSPS) is 22.9. The Labute approximate surface area is 133 Å². The first-order valence-corrected chi connectivity index (χ1v) is 7.23.